The van der Waals surface area contributed by atoms with Crippen LogP contribution in [0.25, 0.3) is 10.9 Å². The van der Waals surface area contributed by atoms with Gasteiger partial charge >= 0.3 is 0 Å². The quantitative estimate of drug-likeness (QED) is 0.845. The van der Waals surface area contributed by atoms with Gasteiger partial charge < -0.3 is 14.4 Å². The maximum atomic E-state index is 12.4. The molecule has 0 atom stereocenters. The van der Waals surface area contributed by atoms with E-state index in [4.69, 9.17) is 9.84 Å². The monoisotopic (exact) mass is 271 g/mol. The second-order valence-electron chi connectivity index (χ2n) is 5.05. The van der Waals surface area contributed by atoms with Crippen molar-refractivity contribution >= 4 is 29.5 Å². The van der Waals surface area contributed by atoms with Crippen LogP contribution in [-0.2, 0) is 0 Å². The third-order valence-corrected chi connectivity index (χ3v) is 3.59. The molecule has 1 aliphatic carbocycles. The number of aromatic nitrogens is 1. The third-order valence-electron chi connectivity index (χ3n) is 3.59. The third kappa shape index (κ3) is 2.07. The lowest BCUT2D eigenvalue weighted by Gasteiger charge is -2.14. The first-order valence-corrected chi connectivity index (χ1v) is 6.54. The zero-order chi connectivity index (χ0) is 14.3. The Morgan fingerprint density at radius 1 is 1.45 bits per heavy atom. The van der Waals surface area contributed by atoms with Crippen LogP contribution in [0, 0.1) is 0 Å². The Morgan fingerprint density at radius 2 is 2.20 bits per heavy atom. The molecule has 1 saturated carbocycles. The summed E-state index contributed by atoms with van der Waals surface area (Å²) >= 11 is 0. The van der Waals surface area contributed by atoms with Gasteiger partial charge in [-0.25, -0.2) is 0 Å². The molecule has 20 heavy (non-hydrogen) atoms. The smallest absolute Gasteiger partial charge is 0.299 e. The highest BCUT2D eigenvalue weighted by Gasteiger charge is 2.27. The molecule has 0 radical (unpaired) electrons. The zero-order valence-electron chi connectivity index (χ0n) is 11.1. The van der Waals surface area contributed by atoms with E-state index in [1.54, 1.807) is 25.4 Å². The van der Waals surface area contributed by atoms with Crippen molar-refractivity contribution in [2.75, 3.05) is 7.11 Å². The van der Waals surface area contributed by atoms with Gasteiger partial charge in [-0.05, 0) is 30.4 Å². The molecular formula is C14H14BNO4. The number of nitrogens with zero attached hydrogens (tertiary/aromatic N) is 1. The van der Waals surface area contributed by atoms with Gasteiger partial charge in [-0.15, -0.1) is 0 Å². The second kappa shape index (κ2) is 4.70. The van der Waals surface area contributed by atoms with Gasteiger partial charge in [-0.3, -0.25) is 9.59 Å². The zero-order valence-corrected chi connectivity index (χ0v) is 11.1. The molecule has 1 heterocycles. The minimum atomic E-state index is -0.994. The van der Waals surface area contributed by atoms with Crippen molar-refractivity contribution in [1.29, 1.82) is 0 Å². The lowest BCUT2D eigenvalue weighted by atomic mass is 9.71. The minimum absolute atomic E-state index is 0.224. The predicted molar refractivity (Wildman–Crippen MR) is 77.8 cm³/mol. The Hall–Kier alpha value is -2.24. The summed E-state index contributed by atoms with van der Waals surface area (Å²) in [4.78, 5) is 23.3. The van der Waals surface area contributed by atoms with Crippen LogP contribution in [0.15, 0.2) is 29.2 Å². The molecule has 0 bridgehead atoms. The molecule has 1 aliphatic rings. The molecule has 102 valence electrons. The van der Waals surface area contributed by atoms with E-state index in [1.165, 1.54) is 0 Å². The van der Waals surface area contributed by atoms with Crippen molar-refractivity contribution in [2.24, 2.45) is 0 Å². The SMILES string of the molecule is COc1cccc2c(=O)c(BC(=O)O)cn(C3CC3)c12. The molecule has 2 aromatic rings. The first-order chi connectivity index (χ1) is 9.61. The lowest BCUT2D eigenvalue weighted by Crippen LogP contribution is -2.37. The first-order valence-electron chi connectivity index (χ1n) is 6.54. The van der Waals surface area contributed by atoms with Crippen molar-refractivity contribution < 1.29 is 14.6 Å². The predicted octanol–water partition coefficient (Wildman–Crippen LogP) is 1.08. The highest BCUT2D eigenvalue weighted by atomic mass is 16.5. The fraction of sp³-hybridized carbons (Fsp3) is 0.286. The molecule has 1 aromatic heterocycles. The number of ether oxygens (including phenoxy) is 1. The molecule has 0 unspecified atom stereocenters. The number of rotatable bonds is 4. The summed E-state index contributed by atoms with van der Waals surface area (Å²) in [6.45, 7) is 0. The molecule has 5 nitrogen and oxygen atoms in total. The van der Waals surface area contributed by atoms with E-state index >= 15 is 0 Å². The number of carbonyl (C=O) groups is 1. The van der Waals surface area contributed by atoms with Crippen LogP contribution in [-0.4, -0.2) is 29.9 Å². The largest absolute Gasteiger partial charge is 0.495 e. The maximum Gasteiger partial charge on any atom is 0.299 e. The Balaban J connectivity index is 2.33. The molecule has 1 N–H and O–H groups in total. The van der Waals surface area contributed by atoms with Crippen LogP contribution in [0.4, 0.5) is 4.79 Å². The van der Waals surface area contributed by atoms with E-state index in [-0.39, 0.29) is 12.7 Å². The standard InChI is InChI=1S/C14H14BNO4/c1-20-11-4-2-3-9-12(11)16(8-5-6-8)7-10(13(9)17)15-14(18)19/h2-4,7-8,15H,5-6H2,1H3,(H,18,19). The van der Waals surface area contributed by atoms with E-state index < -0.39 is 5.87 Å². The highest BCUT2D eigenvalue weighted by Crippen LogP contribution is 2.38. The number of hydrogen-bond acceptors (Lipinski definition) is 3. The van der Waals surface area contributed by atoms with Crippen molar-refractivity contribution in [3.63, 3.8) is 0 Å². The summed E-state index contributed by atoms with van der Waals surface area (Å²) in [5.41, 5.74) is 0.861. The Labute approximate surface area is 116 Å². The Morgan fingerprint density at radius 3 is 2.80 bits per heavy atom. The van der Waals surface area contributed by atoms with Gasteiger partial charge in [0.25, 0.3) is 13.1 Å². The second-order valence-corrected chi connectivity index (χ2v) is 5.05. The van der Waals surface area contributed by atoms with Gasteiger partial charge in [0.1, 0.15) is 5.75 Å². The van der Waals surface area contributed by atoms with Gasteiger partial charge in [0.15, 0.2) is 5.43 Å². The fourth-order valence-corrected chi connectivity index (χ4v) is 2.53. The van der Waals surface area contributed by atoms with E-state index in [0.29, 0.717) is 22.6 Å². The number of hydrogen-bond donors (Lipinski definition) is 1. The highest BCUT2D eigenvalue weighted by molar-refractivity contribution is 6.82. The van der Waals surface area contributed by atoms with Gasteiger partial charge in [-0.2, -0.15) is 0 Å². The normalized spacial score (nSPS) is 14.2. The minimum Gasteiger partial charge on any atom is -0.495 e. The lowest BCUT2D eigenvalue weighted by molar-refractivity contribution is 0.220. The molecule has 6 heteroatoms. The summed E-state index contributed by atoms with van der Waals surface area (Å²) in [5.74, 6) is -0.347. The summed E-state index contributed by atoms with van der Waals surface area (Å²) in [5, 5.41) is 9.46. The summed E-state index contributed by atoms with van der Waals surface area (Å²) in [6, 6.07) is 5.63. The van der Waals surface area contributed by atoms with Gasteiger partial charge in [0, 0.05) is 17.6 Å². The van der Waals surface area contributed by atoms with Crippen molar-refractivity contribution in [3.8, 4) is 5.75 Å². The number of fused-ring (bicyclic) bond motifs is 1. The molecule has 0 spiro atoms. The molecule has 0 amide bonds. The fourth-order valence-electron chi connectivity index (χ4n) is 2.53. The van der Waals surface area contributed by atoms with E-state index in [0.717, 1.165) is 18.4 Å². The number of benzene rings is 1. The van der Waals surface area contributed by atoms with Gasteiger partial charge in [-0.1, -0.05) is 6.07 Å². The Bertz CT molecular complexity index is 749. The molecule has 0 aliphatic heterocycles. The molecule has 0 saturated heterocycles. The number of para-hydroxylation sites is 1. The van der Waals surface area contributed by atoms with E-state index in [2.05, 4.69) is 0 Å². The molecule has 3 rings (SSSR count). The topological polar surface area (TPSA) is 68.5 Å². The number of carboxylic acid groups (broad SMARTS) is 1. The van der Waals surface area contributed by atoms with Gasteiger partial charge in [0.05, 0.1) is 12.6 Å². The van der Waals surface area contributed by atoms with Crippen LogP contribution in [0.1, 0.15) is 18.9 Å². The van der Waals surface area contributed by atoms with Crippen LogP contribution in [0.3, 0.4) is 0 Å². The number of methoxy groups -OCH3 is 1. The van der Waals surface area contributed by atoms with Crippen molar-refractivity contribution in [3.05, 3.63) is 34.6 Å². The van der Waals surface area contributed by atoms with Crippen LogP contribution in [0.5, 0.6) is 5.75 Å². The van der Waals surface area contributed by atoms with E-state index in [1.807, 2.05) is 10.6 Å². The van der Waals surface area contributed by atoms with Crippen LogP contribution in [0.2, 0.25) is 0 Å². The Kier molecular flexibility index (Phi) is 3.01. The van der Waals surface area contributed by atoms with Crippen molar-refractivity contribution in [2.45, 2.75) is 18.9 Å². The van der Waals surface area contributed by atoms with E-state index in [9.17, 15) is 9.59 Å². The summed E-state index contributed by atoms with van der Waals surface area (Å²) in [7, 11) is 1.32. The van der Waals surface area contributed by atoms with Crippen molar-refractivity contribution in [1.82, 2.24) is 4.57 Å². The summed E-state index contributed by atoms with van der Waals surface area (Å²) in [6.07, 6.45) is 3.77. The molecule has 1 fully saturated rings. The number of pyridine rings is 1. The van der Waals surface area contributed by atoms with Crippen LogP contribution >= 0.6 is 0 Å². The molecule has 1 aromatic carbocycles. The van der Waals surface area contributed by atoms with Gasteiger partial charge in [0.2, 0.25) is 0 Å². The molecular weight excluding hydrogens is 257 g/mol. The average Bonchev–Trinajstić information content (AvgIpc) is 3.25. The summed E-state index contributed by atoms with van der Waals surface area (Å²) < 4.78 is 7.34. The first kappa shape index (κ1) is 12.8. The maximum absolute atomic E-state index is 12.4. The average molecular weight is 271 g/mol. The van der Waals surface area contributed by atoms with Crippen LogP contribution < -0.4 is 15.6 Å².